The van der Waals surface area contributed by atoms with Gasteiger partial charge < -0.3 is 20.7 Å². The molecular weight excluding hydrogens is 371 g/mol. The fourth-order valence-electron chi connectivity index (χ4n) is 5.20. The molecule has 3 fully saturated rings. The SMILES string of the molecule is Nc1c(F)cc(C(=O)NCC2C3CN(CC4CCOCC4)CC23)c2ncccc12. The summed E-state index contributed by atoms with van der Waals surface area (Å²) in [5, 5.41) is 3.48. The highest BCUT2D eigenvalue weighted by molar-refractivity contribution is 6.08. The van der Waals surface area contributed by atoms with Crippen molar-refractivity contribution in [2.75, 3.05) is 45.1 Å². The molecule has 3 aliphatic rings. The molecule has 1 amide bonds. The molecule has 1 saturated carbocycles. The van der Waals surface area contributed by atoms with E-state index < -0.39 is 5.82 Å². The first-order chi connectivity index (χ1) is 14.1. The Morgan fingerprint density at radius 2 is 2.07 bits per heavy atom. The van der Waals surface area contributed by atoms with Gasteiger partial charge in [0.2, 0.25) is 0 Å². The fourth-order valence-corrected chi connectivity index (χ4v) is 5.20. The van der Waals surface area contributed by atoms with Crippen molar-refractivity contribution in [2.45, 2.75) is 12.8 Å². The molecule has 2 aliphatic heterocycles. The summed E-state index contributed by atoms with van der Waals surface area (Å²) in [6.07, 6.45) is 3.94. The number of nitrogens with one attached hydrogen (secondary N) is 1. The molecule has 2 saturated heterocycles. The van der Waals surface area contributed by atoms with Gasteiger partial charge in [-0.2, -0.15) is 0 Å². The van der Waals surface area contributed by atoms with Crippen LogP contribution in [0.25, 0.3) is 10.9 Å². The van der Waals surface area contributed by atoms with E-state index in [1.54, 1.807) is 18.3 Å². The number of hydrogen-bond acceptors (Lipinski definition) is 5. The minimum absolute atomic E-state index is 0.0333. The minimum Gasteiger partial charge on any atom is -0.396 e. The number of likely N-dealkylation sites (tertiary alicyclic amines) is 1. The van der Waals surface area contributed by atoms with E-state index in [1.807, 2.05) is 0 Å². The third-order valence-corrected chi connectivity index (χ3v) is 6.93. The summed E-state index contributed by atoms with van der Waals surface area (Å²) >= 11 is 0. The molecule has 3 heterocycles. The highest BCUT2D eigenvalue weighted by Gasteiger charge is 2.55. The number of benzene rings is 1. The summed E-state index contributed by atoms with van der Waals surface area (Å²) in [6, 6.07) is 4.58. The number of fused-ring (bicyclic) bond motifs is 2. The first-order valence-electron chi connectivity index (χ1n) is 10.5. The lowest BCUT2D eigenvalue weighted by atomic mass is 9.99. The smallest absolute Gasteiger partial charge is 0.253 e. The van der Waals surface area contributed by atoms with Gasteiger partial charge in [-0.3, -0.25) is 9.78 Å². The molecule has 2 atom stereocenters. The Labute approximate surface area is 169 Å². The fraction of sp³-hybridized carbons (Fsp3) is 0.545. The lowest BCUT2D eigenvalue weighted by Gasteiger charge is -2.28. The van der Waals surface area contributed by atoms with Crippen LogP contribution in [0.2, 0.25) is 0 Å². The molecule has 2 unspecified atom stereocenters. The molecule has 1 aliphatic carbocycles. The molecule has 0 spiro atoms. The number of amides is 1. The highest BCUT2D eigenvalue weighted by atomic mass is 19.1. The molecule has 3 N–H and O–H groups in total. The molecule has 6 nitrogen and oxygen atoms in total. The van der Waals surface area contributed by atoms with Crippen LogP contribution in [0.4, 0.5) is 10.1 Å². The van der Waals surface area contributed by atoms with Gasteiger partial charge >= 0.3 is 0 Å². The van der Waals surface area contributed by atoms with Crippen LogP contribution in [-0.2, 0) is 4.74 Å². The van der Waals surface area contributed by atoms with Crippen LogP contribution in [0.3, 0.4) is 0 Å². The van der Waals surface area contributed by atoms with Gasteiger partial charge in [0.1, 0.15) is 5.82 Å². The maximum Gasteiger partial charge on any atom is 0.253 e. The Balaban J connectivity index is 1.16. The highest BCUT2D eigenvalue weighted by Crippen LogP contribution is 2.51. The number of aromatic nitrogens is 1. The number of anilines is 1. The summed E-state index contributed by atoms with van der Waals surface area (Å²) in [6.45, 7) is 5.87. The Bertz CT molecular complexity index is 918. The number of nitrogen functional groups attached to an aromatic ring is 1. The van der Waals surface area contributed by atoms with Crippen LogP contribution in [0.5, 0.6) is 0 Å². The lowest BCUT2D eigenvalue weighted by molar-refractivity contribution is 0.0535. The van der Waals surface area contributed by atoms with Gasteiger partial charge in [0.15, 0.2) is 0 Å². The van der Waals surface area contributed by atoms with Gasteiger partial charge in [-0.05, 0) is 54.7 Å². The summed E-state index contributed by atoms with van der Waals surface area (Å²) in [5.41, 5.74) is 6.53. The summed E-state index contributed by atoms with van der Waals surface area (Å²) in [7, 11) is 0. The van der Waals surface area contributed by atoms with Crippen molar-refractivity contribution < 1.29 is 13.9 Å². The molecule has 0 bridgehead atoms. The predicted octanol–water partition coefficient (Wildman–Crippen LogP) is 2.29. The Morgan fingerprint density at radius 3 is 2.83 bits per heavy atom. The van der Waals surface area contributed by atoms with E-state index in [9.17, 15) is 9.18 Å². The van der Waals surface area contributed by atoms with Gasteiger partial charge in [-0.1, -0.05) is 0 Å². The maximum atomic E-state index is 14.2. The second-order valence-electron chi connectivity index (χ2n) is 8.70. The van der Waals surface area contributed by atoms with Gasteiger partial charge in [-0.15, -0.1) is 0 Å². The zero-order valence-corrected chi connectivity index (χ0v) is 16.4. The summed E-state index contributed by atoms with van der Waals surface area (Å²) < 4.78 is 19.6. The van der Waals surface area contributed by atoms with E-state index >= 15 is 0 Å². The molecular formula is C22H27FN4O2. The van der Waals surface area contributed by atoms with E-state index in [1.165, 1.54) is 25.5 Å². The van der Waals surface area contributed by atoms with Crippen molar-refractivity contribution in [3.63, 3.8) is 0 Å². The normalized spacial score (nSPS) is 27.1. The largest absolute Gasteiger partial charge is 0.396 e. The molecule has 5 rings (SSSR count). The number of piperidine rings is 1. The quantitative estimate of drug-likeness (QED) is 0.756. The van der Waals surface area contributed by atoms with Crippen molar-refractivity contribution in [1.29, 1.82) is 0 Å². The second-order valence-corrected chi connectivity index (χ2v) is 8.70. The van der Waals surface area contributed by atoms with Gasteiger partial charge in [0, 0.05) is 51.0 Å². The number of nitrogens with two attached hydrogens (primary N) is 1. The van der Waals surface area contributed by atoms with Gasteiger partial charge in [0.05, 0.1) is 16.8 Å². The number of pyridine rings is 1. The number of halogens is 1. The first kappa shape index (κ1) is 18.8. The molecule has 0 radical (unpaired) electrons. The topological polar surface area (TPSA) is 80.5 Å². The molecule has 29 heavy (non-hydrogen) atoms. The van der Waals surface area contributed by atoms with E-state index in [2.05, 4.69) is 15.2 Å². The number of carbonyl (C=O) groups is 1. The number of hydrogen-bond donors (Lipinski definition) is 2. The molecule has 154 valence electrons. The second kappa shape index (κ2) is 7.54. The predicted molar refractivity (Wildman–Crippen MR) is 109 cm³/mol. The van der Waals surface area contributed by atoms with Crippen molar-refractivity contribution in [1.82, 2.24) is 15.2 Å². The summed E-state index contributed by atoms with van der Waals surface area (Å²) in [4.78, 5) is 19.5. The number of ether oxygens (including phenoxy) is 1. The Kier molecular flexibility index (Phi) is 4.87. The first-order valence-corrected chi connectivity index (χ1v) is 10.5. The number of rotatable bonds is 5. The minimum atomic E-state index is -0.581. The average molecular weight is 398 g/mol. The Hall–Kier alpha value is -2.25. The van der Waals surface area contributed by atoms with E-state index in [0.29, 0.717) is 35.2 Å². The van der Waals surface area contributed by atoms with Crippen LogP contribution >= 0.6 is 0 Å². The van der Waals surface area contributed by atoms with Crippen LogP contribution < -0.4 is 11.1 Å². The third kappa shape index (κ3) is 3.57. The van der Waals surface area contributed by atoms with Crippen LogP contribution in [-0.4, -0.2) is 55.2 Å². The average Bonchev–Trinajstić information content (AvgIpc) is 3.20. The van der Waals surface area contributed by atoms with Crippen LogP contribution in [0, 0.1) is 29.5 Å². The molecule has 7 heteroatoms. The number of nitrogens with zero attached hydrogens (tertiary/aromatic N) is 2. The van der Waals surface area contributed by atoms with Crippen LogP contribution in [0.15, 0.2) is 24.4 Å². The van der Waals surface area contributed by atoms with E-state index in [-0.39, 0.29) is 17.2 Å². The summed E-state index contributed by atoms with van der Waals surface area (Å²) in [5.74, 6) is 1.78. The third-order valence-electron chi connectivity index (χ3n) is 6.93. The zero-order chi connectivity index (χ0) is 20.0. The maximum absolute atomic E-state index is 14.2. The lowest BCUT2D eigenvalue weighted by Crippen LogP contribution is -2.34. The zero-order valence-electron chi connectivity index (χ0n) is 16.4. The van der Waals surface area contributed by atoms with Gasteiger partial charge in [0.25, 0.3) is 5.91 Å². The van der Waals surface area contributed by atoms with E-state index in [0.717, 1.165) is 32.2 Å². The van der Waals surface area contributed by atoms with Crippen molar-refractivity contribution in [2.24, 2.45) is 23.7 Å². The van der Waals surface area contributed by atoms with Crippen LogP contribution in [0.1, 0.15) is 23.2 Å². The molecule has 1 aromatic heterocycles. The standard InChI is InChI=1S/C22H27FN4O2/c23-19-8-15(21-14(20(19)24)2-1-5-25-21)22(28)26-9-16-17-11-27(12-18(16)17)10-13-3-6-29-7-4-13/h1-2,5,8,13,16-18H,3-4,6-7,9-12,24H2,(H,26,28). The van der Waals surface area contributed by atoms with E-state index in [4.69, 9.17) is 10.5 Å². The molecule has 2 aromatic rings. The monoisotopic (exact) mass is 398 g/mol. The molecule has 1 aromatic carbocycles. The number of carbonyl (C=O) groups excluding carboxylic acids is 1. The van der Waals surface area contributed by atoms with Gasteiger partial charge in [-0.25, -0.2) is 4.39 Å². The van der Waals surface area contributed by atoms with Crippen molar-refractivity contribution in [3.05, 3.63) is 35.8 Å². The Morgan fingerprint density at radius 1 is 1.31 bits per heavy atom. The van der Waals surface area contributed by atoms with Crippen molar-refractivity contribution >= 4 is 22.5 Å². The van der Waals surface area contributed by atoms with Crippen molar-refractivity contribution in [3.8, 4) is 0 Å².